The van der Waals surface area contributed by atoms with E-state index in [0.717, 1.165) is 102 Å². The lowest BCUT2D eigenvalue weighted by molar-refractivity contribution is -0.161. The van der Waals surface area contributed by atoms with E-state index in [1.165, 1.54) is 193 Å². The quantitative estimate of drug-likeness (QED) is 0.0222. The highest BCUT2D eigenvalue weighted by atomic mass is 31.2. The molecule has 19 heteroatoms. The molecule has 0 bridgehead atoms. The van der Waals surface area contributed by atoms with E-state index in [1.807, 2.05) is 0 Å². The second-order valence-electron chi connectivity index (χ2n) is 27.3. The summed E-state index contributed by atoms with van der Waals surface area (Å²) in [5.41, 5.74) is 0. The molecule has 0 aliphatic rings. The number of esters is 4. The maximum atomic E-state index is 13.0. The predicted octanol–water partition coefficient (Wildman–Crippen LogP) is 21.2. The van der Waals surface area contributed by atoms with Gasteiger partial charge in [-0.3, -0.25) is 37.3 Å². The molecule has 92 heavy (non-hydrogen) atoms. The summed E-state index contributed by atoms with van der Waals surface area (Å²) in [5.74, 6) is -0.593. The normalized spacial score (nSPS) is 14.1. The minimum absolute atomic E-state index is 0.105. The summed E-state index contributed by atoms with van der Waals surface area (Å²) in [5, 5.41) is 10.6. The summed E-state index contributed by atoms with van der Waals surface area (Å²) >= 11 is 0. The van der Waals surface area contributed by atoms with Gasteiger partial charge in [-0.15, -0.1) is 0 Å². The number of aliphatic hydroxyl groups is 1. The van der Waals surface area contributed by atoms with E-state index < -0.39 is 97.5 Å². The number of carbonyl (C=O) groups is 4. The Labute approximate surface area is 562 Å². The molecule has 0 fully saturated rings. The molecule has 0 radical (unpaired) electrons. The summed E-state index contributed by atoms with van der Waals surface area (Å²) in [7, 11) is -9.90. The first-order valence-electron chi connectivity index (χ1n) is 38.0. The molecule has 2 unspecified atom stereocenters. The monoisotopic (exact) mass is 1350 g/mol. The van der Waals surface area contributed by atoms with E-state index >= 15 is 0 Å². The van der Waals surface area contributed by atoms with Gasteiger partial charge in [0.15, 0.2) is 12.2 Å². The average molecular weight is 1350 g/mol. The van der Waals surface area contributed by atoms with Gasteiger partial charge >= 0.3 is 39.5 Å². The molecule has 0 aromatic carbocycles. The number of phosphoric ester groups is 2. The van der Waals surface area contributed by atoms with Crippen LogP contribution in [0.1, 0.15) is 375 Å². The number of hydrogen-bond acceptors (Lipinski definition) is 15. The van der Waals surface area contributed by atoms with E-state index in [9.17, 15) is 43.2 Å². The standard InChI is InChI=1S/C73H142O17P2/c1-7-9-11-13-15-17-19-27-31-38-44-50-56-71(76)84-61-68(89-72(77)57-51-45-39-32-28-25-23-21-20-22-24-26-29-35-41-47-53-65(3)4)63-87-91(79,80)85-59-67(74)60-86-92(81,82)88-64-69(62-83-70(75)55-49-43-37-30-18-16-14-12-10-8-2)90-73(78)58-52-46-40-34-33-36-42-48-54-66(5)6/h65-69,74H,7-64H2,1-6H3,(H,79,80)(H,81,82)/t67-,68-,69-/m1/s1. The average Bonchev–Trinajstić information content (AvgIpc) is 2.12. The smallest absolute Gasteiger partial charge is 0.462 e. The van der Waals surface area contributed by atoms with E-state index in [-0.39, 0.29) is 25.7 Å². The second kappa shape index (κ2) is 65.0. The first kappa shape index (κ1) is 90.1. The number of unbranched alkanes of at least 4 members (excludes halogenated alkanes) is 42. The summed E-state index contributed by atoms with van der Waals surface area (Å²) < 4.78 is 68.4. The maximum absolute atomic E-state index is 13.0. The molecule has 0 amide bonds. The second-order valence-corrected chi connectivity index (χ2v) is 30.2. The molecule has 0 heterocycles. The van der Waals surface area contributed by atoms with Crippen molar-refractivity contribution >= 4 is 39.5 Å². The van der Waals surface area contributed by atoms with Crippen molar-refractivity contribution in [2.45, 2.75) is 394 Å². The fourth-order valence-corrected chi connectivity index (χ4v) is 12.7. The van der Waals surface area contributed by atoms with Gasteiger partial charge in [0.2, 0.25) is 0 Å². The molecular formula is C73H142O17P2. The van der Waals surface area contributed by atoms with Gasteiger partial charge in [-0.25, -0.2) is 9.13 Å². The molecule has 0 saturated carbocycles. The topological polar surface area (TPSA) is 237 Å². The van der Waals surface area contributed by atoms with Crippen molar-refractivity contribution in [3.8, 4) is 0 Å². The van der Waals surface area contributed by atoms with Crippen LogP contribution in [0.5, 0.6) is 0 Å². The number of phosphoric acid groups is 2. The number of ether oxygens (including phenoxy) is 4. The Kier molecular flexibility index (Phi) is 63.7. The molecule has 0 saturated heterocycles. The van der Waals surface area contributed by atoms with Crippen molar-refractivity contribution in [1.82, 2.24) is 0 Å². The number of rotatable bonds is 72. The Hall–Kier alpha value is -1.94. The van der Waals surface area contributed by atoms with Crippen molar-refractivity contribution < 1.29 is 80.2 Å². The van der Waals surface area contributed by atoms with Crippen molar-refractivity contribution in [2.24, 2.45) is 11.8 Å². The molecular weight excluding hydrogens is 1210 g/mol. The van der Waals surface area contributed by atoms with Crippen LogP contribution in [0.15, 0.2) is 0 Å². The van der Waals surface area contributed by atoms with Gasteiger partial charge in [-0.1, -0.05) is 324 Å². The van der Waals surface area contributed by atoms with E-state index in [1.54, 1.807) is 0 Å². The summed E-state index contributed by atoms with van der Waals surface area (Å²) in [4.78, 5) is 72.6. The number of hydrogen-bond donors (Lipinski definition) is 3. The molecule has 0 spiro atoms. The maximum Gasteiger partial charge on any atom is 0.472 e. The van der Waals surface area contributed by atoms with Crippen LogP contribution in [0.25, 0.3) is 0 Å². The van der Waals surface area contributed by atoms with Crippen molar-refractivity contribution in [2.75, 3.05) is 39.6 Å². The van der Waals surface area contributed by atoms with Gasteiger partial charge in [0.1, 0.15) is 19.3 Å². The third kappa shape index (κ3) is 66.7. The Morgan fingerprint density at radius 1 is 0.293 bits per heavy atom. The summed E-state index contributed by atoms with van der Waals surface area (Å²) in [6.07, 6.45) is 51.3. The third-order valence-electron chi connectivity index (χ3n) is 17.0. The van der Waals surface area contributed by atoms with Crippen LogP contribution in [0.4, 0.5) is 0 Å². The predicted molar refractivity (Wildman–Crippen MR) is 372 cm³/mol. The minimum atomic E-state index is -4.95. The highest BCUT2D eigenvalue weighted by Gasteiger charge is 2.30. The summed E-state index contributed by atoms with van der Waals surface area (Å²) in [6.45, 7) is 9.55. The summed E-state index contributed by atoms with van der Waals surface area (Å²) in [6, 6.07) is 0. The highest BCUT2D eigenvalue weighted by Crippen LogP contribution is 2.45. The molecule has 546 valence electrons. The minimum Gasteiger partial charge on any atom is -0.462 e. The van der Waals surface area contributed by atoms with Gasteiger partial charge in [-0.05, 0) is 37.5 Å². The highest BCUT2D eigenvalue weighted by molar-refractivity contribution is 7.47. The van der Waals surface area contributed by atoms with Gasteiger partial charge in [0.25, 0.3) is 0 Å². The molecule has 17 nitrogen and oxygen atoms in total. The van der Waals surface area contributed by atoms with E-state index in [4.69, 9.17) is 37.0 Å². The Morgan fingerprint density at radius 3 is 0.739 bits per heavy atom. The molecule has 0 aliphatic heterocycles. The number of carbonyl (C=O) groups excluding carboxylic acids is 4. The Morgan fingerprint density at radius 2 is 0.500 bits per heavy atom. The zero-order chi connectivity index (χ0) is 67.9. The van der Waals surface area contributed by atoms with Gasteiger partial charge in [0.05, 0.1) is 26.4 Å². The van der Waals surface area contributed by atoms with Crippen LogP contribution in [-0.2, 0) is 65.4 Å². The SMILES string of the molecule is CCCCCCCCCCCCCCC(=O)OC[C@H](COP(=O)(O)OC[C@@H](O)COP(=O)(O)OC[C@@H](COC(=O)CCCCCCCCCCCC)OC(=O)CCCCCCCCCCC(C)C)OC(=O)CCCCCCCCCCCCCCCCCCC(C)C. The first-order valence-corrected chi connectivity index (χ1v) is 41.0. The number of aliphatic hydroxyl groups excluding tert-OH is 1. The van der Waals surface area contributed by atoms with E-state index in [2.05, 4.69) is 41.5 Å². The largest absolute Gasteiger partial charge is 0.472 e. The third-order valence-corrected chi connectivity index (χ3v) is 18.9. The van der Waals surface area contributed by atoms with Gasteiger partial charge in [0, 0.05) is 25.7 Å². The van der Waals surface area contributed by atoms with Crippen LogP contribution < -0.4 is 0 Å². The lowest BCUT2D eigenvalue weighted by atomic mass is 10.0. The van der Waals surface area contributed by atoms with Gasteiger partial charge in [-0.2, -0.15) is 0 Å². The Balaban J connectivity index is 5.21. The van der Waals surface area contributed by atoms with Crippen molar-refractivity contribution in [1.29, 1.82) is 0 Å². The molecule has 0 aliphatic carbocycles. The van der Waals surface area contributed by atoms with Crippen LogP contribution >= 0.6 is 15.6 Å². The molecule has 5 atom stereocenters. The van der Waals surface area contributed by atoms with Gasteiger partial charge < -0.3 is 33.8 Å². The zero-order valence-corrected chi connectivity index (χ0v) is 61.6. The van der Waals surface area contributed by atoms with E-state index in [0.29, 0.717) is 25.7 Å². The molecule has 0 aromatic rings. The fraction of sp³-hybridized carbons (Fsp3) is 0.945. The van der Waals surface area contributed by atoms with Crippen LogP contribution in [0.2, 0.25) is 0 Å². The first-order chi connectivity index (χ1) is 44.4. The lowest BCUT2D eigenvalue weighted by Crippen LogP contribution is -2.30. The van der Waals surface area contributed by atoms with Crippen LogP contribution in [0, 0.1) is 11.8 Å². The molecule has 3 N–H and O–H groups in total. The Bertz CT molecular complexity index is 1790. The molecule has 0 rings (SSSR count). The van der Waals surface area contributed by atoms with Crippen molar-refractivity contribution in [3.05, 3.63) is 0 Å². The van der Waals surface area contributed by atoms with Crippen LogP contribution in [0.3, 0.4) is 0 Å². The zero-order valence-electron chi connectivity index (χ0n) is 59.9. The fourth-order valence-electron chi connectivity index (χ4n) is 11.1. The molecule has 0 aromatic heterocycles. The lowest BCUT2D eigenvalue weighted by Gasteiger charge is -2.21. The van der Waals surface area contributed by atoms with Crippen molar-refractivity contribution in [3.63, 3.8) is 0 Å². The van der Waals surface area contributed by atoms with Crippen LogP contribution in [-0.4, -0.2) is 96.7 Å².